The lowest BCUT2D eigenvalue weighted by molar-refractivity contribution is -0.129. The van der Waals surface area contributed by atoms with E-state index in [0.29, 0.717) is 12.3 Å². The molecule has 0 spiro atoms. The Morgan fingerprint density at radius 2 is 2.15 bits per heavy atom. The molecule has 0 radical (unpaired) electrons. The summed E-state index contributed by atoms with van der Waals surface area (Å²) >= 11 is 0. The Bertz CT molecular complexity index is 288. The second kappa shape index (κ2) is 3.36. The van der Waals surface area contributed by atoms with Gasteiger partial charge in [-0.1, -0.05) is 12.2 Å². The van der Waals surface area contributed by atoms with Crippen molar-refractivity contribution in [1.82, 2.24) is 4.90 Å². The van der Waals surface area contributed by atoms with E-state index in [1.165, 1.54) is 5.57 Å². The molecule has 2 rings (SSSR count). The normalized spacial score (nSPS) is 23.2. The molecule has 2 heteroatoms. The molecule has 2 heterocycles. The van der Waals surface area contributed by atoms with Gasteiger partial charge in [0.15, 0.2) is 0 Å². The molecule has 2 aliphatic heterocycles. The summed E-state index contributed by atoms with van der Waals surface area (Å²) in [5.41, 5.74) is 2.43. The number of carbonyl (C=O) groups is 1. The molecule has 0 saturated heterocycles. The zero-order valence-corrected chi connectivity index (χ0v) is 8.05. The van der Waals surface area contributed by atoms with Crippen LogP contribution in [0.3, 0.4) is 0 Å². The van der Waals surface area contributed by atoms with Crippen molar-refractivity contribution < 1.29 is 4.79 Å². The molecule has 70 valence electrons. The Labute approximate surface area is 78.9 Å². The van der Waals surface area contributed by atoms with Crippen molar-refractivity contribution in [3.05, 3.63) is 23.4 Å². The van der Waals surface area contributed by atoms with E-state index >= 15 is 0 Å². The number of rotatable bonds is 0. The largest absolute Gasteiger partial charge is 0.312 e. The van der Waals surface area contributed by atoms with Crippen molar-refractivity contribution in [2.75, 3.05) is 6.54 Å². The number of hydrogen-bond donors (Lipinski definition) is 0. The highest BCUT2D eigenvalue weighted by Crippen LogP contribution is 2.25. The lowest BCUT2D eigenvalue weighted by atomic mass is 10.1. The number of fused-ring (bicyclic) bond motifs is 1. The summed E-state index contributed by atoms with van der Waals surface area (Å²) in [6.07, 6.45) is 8.24. The molecule has 0 aromatic carbocycles. The fourth-order valence-corrected chi connectivity index (χ4v) is 2.00. The Morgan fingerprint density at radius 1 is 1.31 bits per heavy atom. The summed E-state index contributed by atoms with van der Waals surface area (Å²) in [7, 11) is 0. The highest BCUT2D eigenvalue weighted by atomic mass is 16.2. The smallest absolute Gasteiger partial charge is 0.227 e. The molecule has 2 aliphatic rings. The van der Waals surface area contributed by atoms with E-state index in [4.69, 9.17) is 0 Å². The first-order valence-electron chi connectivity index (χ1n) is 4.96. The van der Waals surface area contributed by atoms with Gasteiger partial charge in [0.2, 0.25) is 5.91 Å². The van der Waals surface area contributed by atoms with Crippen LogP contribution in [0.4, 0.5) is 0 Å². The number of carbonyl (C=O) groups excluding carboxylic acids is 1. The fraction of sp³-hybridized carbons (Fsp3) is 0.545. The molecular formula is C11H15NO. The summed E-state index contributed by atoms with van der Waals surface area (Å²) in [6.45, 7) is 3.00. The quantitative estimate of drug-likeness (QED) is 0.555. The van der Waals surface area contributed by atoms with E-state index < -0.39 is 0 Å². The summed E-state index contributed by atoms with van der Waals surface area (Å²) < 4.78 is 0. The third kappa shape index (κ3) is 1.53. The van der Waals surface area contributed by atoms with Gasteiger partial charge in [-0.05, 0) is 31.8 Å². The third-order valence-corrected chi connectivity index (χ3v) is 2.73. The van der Waals surface area contributed by atoms with Gasteiger partial charge in [-0.3, -0.25) is 4.79 Å². The first-order valence-corrected chi connectivity index (χ1v) is 4.96. The van der Waals surface area contributed by atoms with Gasteiger partial charge in [0.05, 0.1) is 0 Å². The van der Waals surface area contributed by atoms with Gasteiger partial charge in [-0.15, -0.1) is 0 Å². The van der Waals surface area contributed by atoms with Crippen molar-refractivity contribution in [3.8, 4) is 0 Å². The van der Waals surface area contributed by atoms with Gasteiger partial charge in [-0.25, -0.2) is 0 Å². The molecule has 1 amide bonds. The molecule has 0 atom stereocenters. The van der Waals surface area contributed by atoms with Crippen molar-refractivity contribution >= 4 is 5.91 Å². The minimum atomic E-state index is 0.298. The van der Waals surface area contributed by atoms with Crippen LogP contribution in [-0.2, 0) is 4.79 Å². The number of amides is 1. The van der Waals surface area contributed by atoms with Crippen molar-refractivity contribution in [3.63, 3.8) is 0 Å². The van der Waals surface area contributed by atoms with Crippen LogP contribution in [0, 0.1) is 0 Å². The second-order valence-electron chi connectivity index (χ2n) is 3.70. The first kappa shape index (κ1) is 8.54. The predicted octanol–water partition coefficient (Wildman–Crippen LogP) is 2.23. The topological polar surface area (TPSA) is 20.3 Å². The van der Waals surface area contributed by atoms with Crippen molar-refractivity contribution in [2.45, 2.75) is 32.6 Å². The molecule has 0 saturated carbocycles. The molecule has 13 heavy (non-hydrogen) atoms. The highest BCUT2D eigenvalue weighted by Gasteiger charge is 2.23. The van der Waals surface area contributed by atoms with Gasteiger partial charge in [0, 0.05) is 18.7 Å². The summed E-state index contributed by atoms with van der Waals surface area (Å²) in [5, 5.41) is 0. The maximum atomic E-state index is 11.6. The van der Waals surface area contributed by atoms with Gasteiger partial charge in [0.25, 0.3) is 0 Å². The van der Waals surface area contributed by atoms with E-state index in [1.807, 2.05) is 4.90 Å². The minimum absolute atomic E-state index is 0.298. The Kier molecular flexibility index (Phi) is 2.21. The predicted molar refractivity (Wildman–Crippen MR) is 52.0 cm³/mol. The number of allylic oxidation sites excluding steroid dienone is 3. The maximum Gasteiger partial charge on any atom is 0.227 e. The molecule has 0 bridgehead atoms. The Morgan fingerprint density at radius 3 is 3.00 bits per heavy atom. The standard InChI is InChI=1S/C11H15NO/c1-9-5-2-3-8-12-10(9)6-4-7-11(12)13/h5-6H,2-4,7-8H2,1H3. The Hall–Kier alpha value is -1.05. The lowest BCUT2D eigenvalue weighted by Crippen LogP contribution is -2.33. The molecular weight excluding hydrogens is 162 g/mol. The van der Waals surface area contributed by atoms with Crippen LogP contribution in [-0.4, -0.2) is 17.4 Å². The monoisotopic (exact) mass is 177 g/mol. The molecule has 0 N–H and O–H groups in total. The van der Waals surface area contributed by atoms with Crippen LogP contribution in [0.1, 0.15) is 32.6 Å². The van der Waals surface area contributed by atoms with E-state index in [-0.39, 0.29) is 0 Å². The van der Waals surface area contributed by atoms with Crippen LogP contribution in [0.15, 0.2) is 23.4 Å². The molecule has 0 aromatic rings. The third-order valence-electron chi connectivity index (χ3n) is 2.73. The molecule has 0 aromatic heterocycles. The van der Waals surface area contributed by atoms with Gasteiger partial charge >= 0.3 is 0 Å². The molecule has 0 fully saturated rings. The van der Waals surface area contributed by atoms with Crippen LogP contribution in [0.5, 0.6) is 0 Å². The zero-order chi connectivity index (χ0) is 9.26. The van der Waals surface area contributed by atoms with E-state index in [1.54, 1.807) is 0 Å². The highest BCUT2D eigenvalue weighted by molar-refractivity contribution is 5.80. The zero-order valence-electron chi connectivity index (χ0n) is 8.05. The van der Waals surface area contributed by atoms with Crippen LogP contribution in [0.25, 0.3) is 0 Å². The minimum Gasteiger partial charge on any atom is -0.312 e. The summed E-state index contributed by atoms with van der Waals surface area (Å²) in [5.74, 6) is 0.298. The van der Waals surface area contributed by atoms with Crippen molar-refractivity contribution in [1.29, 1.82) is 0 Å². The summed E-state index contributed by atoms with van der Waals surface area (Å²) in [6, 6.07) is 0. The molecule has 0 unspecified atom stereocenters. The lowest BCUT2D eigenvalue weighted by Gasteiger charge is -2.27. The van der Waals surface area contributed by atoms with Crippen LogP contribution >= 0.6 is 0 Å². The fourth-order valence-electron chi connectivity index (χ4n) is 2.00. The molecule has 0 aliphatic carbocycles. The number of hydrogen-bond acceptors (Lipinski definition) is 1. The summed E-state index contributed by atoms with van der Waals surface area (Å²) in [4.78, 5) is 13.5. The van der Waals surface area contributed by atoms with Gasteiger partial charge in [0.1, 0.15) is 0 Å². The van der Waals surface area contributed by atoms with Crippen LogP contribution in [0.2, 0.25) is 0 Å². The van der Waals surface area contributed by atoms with Gasteiger partial charge in [-0.2, -0.15) is 0 Å². The molecule has 2 nitrogen and oxygen atoms in total. The first-order chi connectivity index (χ1) is 6.29. The van der Waals surface area contributed by atoms with Gasteiger partial charge < -0.3 is 4.90 Å². The number of nitrogens with zero attached hydrogens (tertiary/aromatic N) is 1. The second-order valence-corrected chi connectivity index (χ2v) is 3.70. The maximum absolute atomic E-state index is 11.6. The average molecular weight is 177 g/mol. The van der Waals surface area contributed by atoms with E-state index in [2.05, 4.69) is 19.1 Å². The SMILES string of the molecule is CC1=CCCCN2C(=O)CCC=C12. The van der Waals surface area contributed by atoms with Crippen LogP contribution < -0.4 is 0 Å². The van der Waals surface area contributed by atoms with E-state index in [0.717, 1.165) is 31.5 Å². The Balaban J connectivity index is 2.33. The van der Waals surface area contributed by atoms with E-state index in [9.17, 15) is 4.79 Å². The average Bonchev–Trinajstić information content (AvgIpc) is 2.30. The van der Waals surface area contributed by atoms with Crippen molar-refractivity contribution in [2.24, 2.45) is 0 Å².